The van der Waals surface area contributed by atoms with Gasteiger partial charge in [0.2, 0.25) is 20.0 Å². The molecule has 1 aromatic rings. The molecular weight excluding hydrogens is 414 g/mol. The average molecular weight is 446 g/mol. The number of rotatable bonds is 6. The zero-order chi connectivity index (χ0) is 22.0. The minimum absolute atomic E-state index is 0.125. The van der Waals surface area contributed by atoms with Gasteiger partial charge in [0.25, 0.3) is 0 Å². The summed E-state index contributed by atoms with van der Waals surface area (Å²) in [6.07, 6.45) is 1.40. The van der Waals surface area contributed by atoms with E-state index in [1.165, 1.54) is 4.31 Å². The molecule has 2 N–H and O–H groups in total. The van der Waals surface area contributed by atoms with Gasteiger partial charge in [-0.15, -0.1) is 0 Å². The maximum atomic E-state index is 12.6. The van der Waals surface area contributed by atoms with Crippen molar-refractivity contribution in [2.75, 3.05) is 24.7 Å². The number of hydrogen-bond acceptors (Lipinski definition) is 5. The molecule has 164 valence electrons. The molecule has 0 aromatic heterocycles. The van der Waals surface area contributed by atoms with Crippen LogP contribution in [0.5, 0.6) is 0 Å². The zero-order valence-corrected chi connectivity index (χ0v) is 19.2. The predicted molar refractivity (Wildman–Crippen MR) is 115 cm³/mol. The van der Waals surface area contributed by atoms with Gasteiger partial charge in [-0.05, 0) is 35.8 Å². The van der Waals surface area contributed by atoms with Crippen LogP contribution in [0.2, 0.25) is 0 Å². The molecule has 1 aliphatic heterocycles. The van der Waals surface area contributed by atoms with Crippen molar-refractivity contribution in [1.82, 2.24) is 9.03 Å². The van der Waals surface area contributed by atoms with Crippen molar-refractivity contribution in [1.29, 1.82) is 0 Å². The molecule has 8 nitrogen and oxygen atoms in total. The van der Waals surface area contributed by atoms with Crippen LogP contribution >= 0.6 is 0 Å². The van der Waals surface area contributed by atoms with Crippen LogP contribution in [0.25, 0.3) is 0 Å². The van der Waals surface area contributed by atoms with E-state index >= 15 is 0 Å². The molecule has 1 saturated heterocycles. The predicted octanol–water partition coefficient (Wildman–Crippen LogP) is 2.81. The van der Waals surface area contributed by atoms with Crippen LogP contribution < -0.4 is 10.0 Å². The van der Waals surface area contributed by atoms with Gasteiger partial charge < -0.3 is 5.32 Å². The monoisotopic (exact) mass is 445 g/mol. The second kappa shape index (κ2) is 9.01. The minimum Gasteiger partial charge on any atom is -0.307 e. The fourth-order valence-electron chi connectivity index (χ4n) is 3.52. The highest BCUT2D eigenvalue weighted by molar-refractivity contribution is 7.90. The first kappa shape index (κ1) is 23.6. The van der Waals surface area contributed by atoms with Crippen molar-refractivity contribution in [2.45, 2.75) is 57.6 Å². The van der Waals surface area contributed by atoms with Crippen LogP contribution in [0.1, 0.15) is 63.5 Å². The smallest absolute Gasteiger partial charge is 0.307 e. The summed E-state index contributed by atoms with van der Waals surface area (Å²) in [6.45, 7) is 8.28. The van der Waals surface area contributed by atoms with E-state index < -0.39 is 31.3 Å². The summed E-state index contributed by atoms with van der Waals surface area (Å²) in [6, 6.07) is 4.97. The van der Waals surface area contributed by atoms with Gasteiger partial charge in [0.1, 0.15) is 0 Å². The molecule has 1 fully saturated rings. The van der Waals surface area contributed by atoms with E-state index in [0.29, 0.717) is 5.69 Å². The van der Waals surface area contributed by atoms with Crippen LogP contribution in [0.4, 0.5) is 10.5 Å². The number of hydrogen-bond donors (Lipinski definition) is 2. The van der Waals surface area contributed by atoms with Crippen molar-refractivity contribution in [3.8, 4) is 0 Å². The number of urea groups is 1. The first-order valence-corrected chi connectivity index (χ1v) is 13.1. The van der Waals surface area contributed by atoms with Crippen LogP contribution in [-0.4, -0.2) is 51.8 Å². The summed E-state index contributed by atoms with van der Waals surface area (Å²) >= 11 is 0. The van der Waals surface area contributed by atoms with E-state index in [4.69, 9.17) is 0 Å². The fourth-order valence-corrected chi connectivity index (χ4v) is 5.70. The third kappa shape index (κ3) is 5.93. The third-order valence-corrected chi connectivity index (χ3v) is 8.28. The van der Waals surface area contributed by atoms with Gasteiger partial charge >= 0.3 is 6.03 Å². The van der Waals surface area contributed by atoms with E-state index in [2.05, 4.69) is 10.0 Å². The molecule has 0 saturated carbocycles. The lowest BCUT2D eigenvalue weighted by atomic mass is 9.93. The molecule has 0 bridgehead atoms. The summed E-state index contributed by atoms with van der Waals surface area (Å²) in [5, 5.41) is 1.93. The zero-order valence-electron chi connectivity index (χ0n) is 17.6. The summed E-state index contributed by atoms with van der Waals surface area (Å²) in [5.41, 5.74) is 2.51. The Balaban J connectivity index is 2.13. The number of sulfonamides is 2. The van der Waals surface area contributed by atoms with E-state index in [1.807, 2.05) is 45.9 Å². The highest BCUT2D eigenvalue weighted by atomic mass is 32.2. The molecule has 10 heteroatoms. The van der Waals surface area contributed by atoms with E-state index in [1.54, 1.807) is 0 Å². The second-order valence-corrected chi connectivity index (χ2v) is 12.0. The van der Waals surface area contributed by atoms with Crippen LogP contribution in [0.3, 0.4) is 0 Å². The molecule has 2 amide bonds. The van der Waals surface area contributed by atoms with Gasteiger partial charge in [0.05, 0.1) is 11.5 Å². The molecule has 2 rings (SSSR count). The summed E-state index contributed by atoms with van der Waals surface area (Å²) < 4.78 is 51.8. The van der Waals surface area contributed by atoms with Gasteiger partial charge in [-0.2, -0.15) is 0 Å². The Morgan fingerprint density at radius 2 is 1.48 bits per heavy atom. The number of carbonyl (C=O) groups excluding carboxylic acids is 1. The number of para-hydroxylation sites is 1. The number of nitrogens with zero attached hydrogens (tertiary/aromatic N) is 1. The molecule has 0 unspecified atom stereocenters. The molecule has 0 atom stereocenters. The summed E-state index contributed by atoms with van der Waals surface area (Å²) in [4.78, 5) is 12.5. The maximum absolute atomic E-state index is 12.6. The molecular formula is C19H31N3O5S2. The topological polar surface area (TPSA) is 113 Å². The van der Waals surface area contributed by atoms with Crippen molar-refractivity contribution in [2.24, 2.45) is 0 Å². The van der Waals surface area contributed by atoms with Crippen molar-refractivity contribution in [3.05, 3.63) is 29.3 Å². The lowest BCUT2D eigenvalue weighted by Gasteiger charge is -2.29. The summed E-state index contributed by atoms with van der Waals surface area (Å²) in [7, 11) is -7.27. The number of benzene rings is 1. The standard InChI is InChI=1S/C19H31N3O5S2/c1-13(2)16-7-6-8-17(14(3)4)18(16)20-19(23)21-29(26,27)15-9-11-22(12-10-15)28(5,24)25/h6-8,13-15H,9-12H2,1-5H3,(H2,20,21,23). The van der Waals surface area contributed by atoms with Crippen molar-refractivity contribution < 1.29 is 21.6 Å². The average Bonchev–Trinajstić information content (AvgIpc) is 2.60. The Labute approximate surface area is 174 Å². The van der Waals surface area contributed by atoms with Gasteiger partial charge in [0.15, 0.2) is 0 Å². The van der Waals surface area contributed by atoms with Crippen LogP contribution in [-0.2, 0) is 20.0 Å². The van der Waals surface area contributed by atoms with E-state index in [0.717, 1.165) is 17.4 Å². The normalized spacial score (nSPS) is 16.9. The van der Waals surface area contributed by atoms with Crippen LogP contribution in [0.15, 0.2) is 18.2 Å². The van der Waals surface area contributed by atoms with Crippen molar-refractivity contribution in [3.63, 3.8) is 0 Å². The first-order chi connectivity index (χ1) is 13.3. The largest absolute Gasteiger partial charge is 0.332 e. The molecule has 29 heavy (non-hydrogen) atoms. The molecule has 0 spiro atoms. The molecule has 1 aliphatic rings. The lowest BCUT2D eigenvalue weighted by molar-refractivity contribution is 0.256. The lowest BCUT2D eigenvalue weighted by Crippen LogP contribution is -2.47. The fraction of sp³-hybridized carbons (Fsp3) is 0.632. The Morgan fingerprint density at radius 3 is 1.90 bits per heavy atom. The first-order valence-electron chi connectivity index (χ1n) is 9.73. The quantitative estimate of drug-likeness (QED) is 0.699. The number of piperidine rings is 1. The Hall–Kier alpha value is -1.65. The highest BCUT2D eigenvalue weighted by Gasteiger charge is 2.34. The van der Waals surface area contributed by atoms with Gasteiger partial charge in [-0.25, -0.2) is 30.7 Å². The minimum atomic E-state index is -3.92. The highest BCUT2D eigenvalue weighted by Crippen LogP contribution is 2.32. The van der Waals surface area contributed by atoms with Gasteiger partial charge in [0, 0.05) is 18.8 Å². The molecule has 0 aliphatic carbocycles. The number of anilines is 1. The second-order valence-electron chi connectivity index (χ2n) is 8.08. The van der Waals surface area contributed by atoms with Crippen LogP contribution in [0, 0.1) is 0 Å². The molecule has 1 heterocycles. The van der Waals surface area contributed by atoms with Gasteiger partial charge in [-0.3, -0.25) is 0 Å². The van der Waals surface area contributed by atoms with E-state index in [-0.39, 0.29) is 37.8 Å². The maximum Gasteiger partial charge on any atom is 0.332 e. The Morgan fingerprint density at radius 1 is 1.00 bits per heavy atom. The van der Waals surface area contributed by atoms with Gasteiger partial charge in [-0.1, -0.05) is 45.9 Å². The number of amides is 2. The van der Waals surface area contributed by atoms with E-state index in [9.17, 15) is 21.6 Å². The Bertz CT molecular complexity index is 922. The number of nitrogens with one attached hydrogen (secondary N) is 2. The molecule has 0 radical (unpaired) electrons. The third-order valence-electron chi connectivity index (χ3n) is 5.16. The Kier molecular flexibility index (Phi) is 7.34. The summed E-state index contributed by atoms with van der Waals surface area (Å²) in [5.74, 6) is 0.307. The molecule has 1 aromatic carbocycles. The van der Waals surface area contributed by atoms with Crippen molar-refractivity contribution >= 4 is 31.8 Å². The SMILES string of the molecule is CC(C)c1cccc(C(C)C)c1NC(=O)NS(=O)(=O)C1CCN(S(C)(=O)=O)CC1. The number of carbonyl (C=O) groups is 1.